The second kappa shape index (κ2) is 7.56. The van der Waals surface area contributed by atoms with Crippen LogP contribution in [-0.4, -0.2) is 40.1 Å². The van der Waals surface area contributed by atoms with Gasteiger partial charge in [-0.05, 0) is 24.3 Å². The summed E-state index contributed by atoms with van der Waals surface area (Å²) in [5.41, 5.74) is 2.24. The van der Waals surface area contributed by atoms with E-state index in [-0.39, 0.29) is 17.2 Å². The van der Waals surface area contributed by atoms with Gasteiger partial charge in [-0.25, -0.2) is 0 Å². The van der Waals surface area contributed by atoms with Gasteiger partial charge in [-0.2, -0.15) is 5.10 Å². The molecule has 0 radical (unpaired) electrons. The molecule has 1 aromatic carbocycles. The molecule has 2 aromatic rings. The van der Waals surface area contributed by atoms with Crippen LogP contribution in [0.4, 0.5) is 5.69 Å². The highest BCUT2D eigenvalue weighted by atomic mass is 16.2. The van der Waals surface area contributed by atoms with Gasteiger partial charge in [-0.3, -0.25) is 14.3 Å². The minimum Gasteiger partial charge on any atom is -0.338 e. The predicted molar refractivity (Wildman–Crippen MR) is 103 cm³/mol. The van der Waals surface area contributed by atoms with Gasteiger partial charge in [0, 0.05) is 37.3 Å². The van der Waals surface area contributed by atoms with Crippen molar-refractivity contribution in [2.45, 2.75) is 26.2 Å². The molecule has 0 fully saturated rings. The molecule has 0 aliphatic carbocycles. The molecule has 1 heterocycles. The van der Waals surface area contributed by atoms with Gasteiger partial charge >= 0.3 is 0 Å². The van der Waals surface area contributed by atoms with Crippen molar-refractivity contribution >= 4 is 17.5 Å². The maximum absolute atomic E-state index is 12.6. The number of likely N-dealkylation sites (N-methyl/N-ethyl adjacent to an activating group) is 1. The van der Waals surface area contributed by atoms with E-state index in [0.717, 1.165) is 5.69 Å². The average Bonchev–Trinajstić information content (AvgIpc) is 2.97. The third kappa shape index (κ3) is 4.39. The fraction of sp³-hybridized carbons (Fsp3) is 0.350. The summed E-state index contributed by atoms with van der Waals surface area (Å²) >= 11 is 0. The van der Waals surface area contributed by atoms with Gasteiger partial charge in [0.25, 0.3) is 11.8 Å². The quantitative estimate of drug-likeness (QED) is 0.838. The van der Waals surface area contributed by atoms with Gasteiger partial charge in [-0.1, -0.05) is 32.9 Å². The summed E-state index contributed by atoms with van der Waals surface area (Å²) in [6.45, 7) is 10.2. The average molecular weight is 354 g/mol. The van der Waals surface area contributed by atoms with E-state index >= 15 is 0 Å². The largest absolute Gasteiger partial charge is 0.338 e. The molecule has 0 saturated carbocycles. The van der Waals surface area contributed by atoms with Crippen molar-refractivity contribution in [2.24, 2.45) is 7.05 Å². The lowest BCUT2D eigenvalue weighted by atomic mass is 9.92. The van der Waals surface area contributed by atoms with E-state index in [1.165, 1.54) is 0 Å². The number of carbonyl (C=O) groups excluding carboxylic acids is 2. The zero-order valence-electron chi connectivity index (χ0n) is 16.0. The van der Waals surface area contributed by atoms with E-state index in [4.69, 9.17) is 0 Å². The van der Waals surface area contributed by atoms with E-state index in [2.05, 4.69) is 17.0 Å². The molecule has 1 N–H and O–H groups in total. The number of nitrogens with zero attached hydrogens (tertiary/aromatic N) is 3. The molecule has 138 valence electrons. The normalized spacial score (nSPS) is 11.1. The summed E-state index contributed by atoms with van der Waals surface area (Å²) in [5.74, 6) is -0.393. The fourth-order valence-electron chi connectivity index (χ4n) is 2.47. The maximum atomic E-state index is 12.6. The Kier molecular flexibility index (Phi) is 5.65. The number of anilines is 1. The van der Waals surface area contributed by atoms with Crippen LogP contribution in [0.3, 0.4) is 0 Å². The molecule has 1 aromatic heterocycles. The van der Waals surface area contributed by atoms with Crippen LogP contribution in [-0.2, 0) is 12.5 Å². The van der Waals surface area contributed by atoms with Crippen molar-refractivity contribution in [3.05, 3.63) is 59.9 Å². The third-order valence-electron chi connectivity index (χ3n) is 4.00. The molecule has 0 unspecified atom stereocenters. The smallest absolute Gasteiger partial charge is 0.273 e. The van der Waals surface area contributed by atoms with Crippen LogP contribution in [0.2, 0.25) is 0 Å². The Balaban J connectivity index is 2.20. The van der Waals surface area contributed by atoms with Crippen LogP contribution in [0, 0.1) is 0 Å². The Bertz CT molecular complexity index is 831. The van der Waals surface area contributed by atoms with Gasteiger partial charge < -0.3 is 10.2 Å². The first-order chi connectivity index (χ1) is 12.1. The highest BCUT2D eigenvalue weighted by Gasteiger charge is 2.22. The number of hydrogen-bond acceptors (Lipinski definition) is 3. The molecule has 0 aliphatic rings. The topological polar surface area (TPSA) is 67.2 Å². The van der Waals surface area contributed by atoms with Crippen LogP contribution in [0.1, 0.15) is 47.3 Å². The first-order valence-electron chi connectivity index (χ1n) is 8.45. The van der Waals surface area contributed by atoms with E-state index in [9.17, 15) is 9.59 Å². The van der Waals surface area contributed by atoms with Crippen molar-refractivity contribution in [1.29, 1.82) is 0 Å². The fourth-order valence-corrected chi connectivity index (χ4v) is 2.47. The minimum atomic E-state index is -0.264. The standard InChI is InChI=1S/C20H26N4O2/c1-7-11-23(5)19(26)14-9-8-10-15(12-14)21-18(25)16-13-17(20(2,3)4)22-24(16)6/h7-10,12-13H,1,11H2,2-6H3,(H,21,25). The summed E-state index contributed by atoms with van der Waals surface area (Å²) in [6, 6.07) is 8.68. The van der Waals surface area contributed by atoms with Crippen molar-refractivity contribution in [3.8, 4) is 0 Å². The second-order valence-electron chi connectivity index (χ2n) is 7.30. The molecule has 2 rings (SSSR count). The van der Waals surface area contributed by atoms with Crippen molar-refractivity contribution < 1.29 is 9.59 Å². The van der Waals surface area contributed by atoms with Crippen molar-refractivity contribution in [3.63, 3.8) is 0 Å². The Labute approximate surface area is 154 Å². The molecule has 2 amide bonds. The summed E-state index contributed by atoms with van der Waals surface area (Å²) in [4.78, 5) is 26.5. The number of nitrogens with one attached hydrogen (secondary N) is 1. The van der Waals surface area contributed by atoms with Gasteiger partial charge in [0.1, 0.15) is 5.69 Å². The second-order valence-corrected chi connectivity index (χ2v) is 7.30. The highest BCUT2D eigenvalue weighted by Crippen LogP contribution is 2.22. The van der Waals surface area contributed by atoms with Crippen LogP contribution >= 0.6 is 0 Å². The van der Waals surface area contributed by atoms with Crippen LogP contribution in [0.25, 0.3) is 0 Å². The molecule has 0 saturated heterocycles. The summed E-state index contributed by atoms with van der Waals surface area (Å²) < 4.78 is 1.57. The number of benzene rings is 1. The van der Waals surface area contributed by atoms with Crippen molar-refractivity contribution in [2.75, 3.05) is 18.9 Å². The Morgan fingerprint density at radius 3 is 2.58 bits per heavy atom. The maximum Gasteiger partial charge on any atom is 0.273 e. The van der Waals surface area contributed by atoms with Gasteiger partial charge in [-0.15, -0.1) is 6.58 Å². The SMILES string of the molecule is C=CCN(C)C(=O)c1cccc(NC(=O)c2cc(C(C)(C)C)nn2C)c1. The van der Waals surface area contributed by atoms with Crippen LogP contribution in [0.5, 0.6) is 0 Å². The Hall–Kier alpha value is -2.89. The molecule has 6 heteroatoms. The number of carbonyl (C=O) groups is 2. The monoisotopic (exact) mass is 354 g/mol. The molecule has 0 atom stereocenters. The predicted octanol–water partition coefficient (Wildman–Crippen LogP) is 3.23. The number of aromatic nitrogens is 2. The Morgan fingerprint density at radius 2 is 2.00 bits per heavy atom. The van der Waals surface area contributed by atoms with E-state index < -0.39 is 0 Å². The van der Waals surface area contributed by atoms with E-state index in [0.29, 0.717) is 23.5 Å². The van der Waals surface area contributed by atoms with Crippen LogP contribution < -0.4 is 5.32 Å². The zero-order valence-corrected chi connectivity index (χ0v) is 16.0. The van der Waals surface area contributed by atoms with E-state index in [1.54, 1.807) is 60.1 Å². The lowest BCUT2D eigenvalue weighted by Gasteiger charge is -2.15. The van der Waals surface area contributed by atoms with E-state index in [1.807, 2.05) is 20.8 Å². The lowest BCUT2D eigenvalue weighted by molar-refractivity contribution is 0.0810. The highest BCUT2D eigenvalue weighted by molar-refractivity contribution is 6.04. The summed E-state index contributed by atoms with van der Waals surface area (Å²) in [7, 11) is 3.45. The molecule has 6 nitrogen and oxygen atoms in total. The summed E-state index contributed by atoms with van der Waals surface area (Å²) in [6.07, 6.45) is 1.67. The summed E-state index contributed by atoms with van der Waals surface area (Å²) in [5, 5.41) is 7.26. The number of hydrogen-bond donors (Lipinski definition) is 1. The molecule has 26 heavy (non-hydrogen) atoms. The first-order valence-corrected chi connectivity index (χ1v) is 8.45. The van der Waals surface area contributed by atoms with Gasteiger partial charge in [0.15, 0.2) is 0 Å². The molecule has 0 aliphatic heterocycles. The number of rotatable bonds is 5. The first kappa shape index (κ1) is 19.4. The van der Waals surface area contributed by atoms with Crippen molar-refractivity contribution in [1.82, 2.24) is 14.7 Å². The zero-order chi connectivity index (χ0) is 19.5. The Morgan fingerprint density at radius 1 is 1.31 bits per heavy atom. The molecule has 0 bridgehead atoms. The van der Waals surface area contributed by atoms with Crippen LogP contribution in [0.15, 0.2) is 43.0 Å². The molecular weight excluding hydrogens is 328 g/mol. The number of amides is 2. The third-order valence-corrected chi connectivity index (χ3v) is 4.00. The lowest BCUT2D eigenvalue weighted by Crippen LogP contribution is -2.26. The van der Waals surface area contributed by atoms with Gasteiger partial charge in [0.05, 0.1) is 5.69 Å². The van der Waals surface area contributed by atoms with Gasteiger partial charge in [0.2, 0.25) is 0 Å². The minimum absolute atomic E-state index is 0.128. The molecular formula is C20H26N4O2. The number of aryl methyl sites for hydroxylation is 1. The molecule has 0 spiro atoms.